The summed E-state index contributed by atoms with van der Waals surface area (Å²) in [5.41, 5.74) is 2.63. The van der Waals surface area contributed by atoms with E-state index in [2.05, 4.69) is 38.1 Å². The molecule has 0 bridgehead atoms. The Morgan fingerprint density at radius 3 is 2.23 bits per heavy atom. The van der Waals surface area contributed by atoms with Gasteiger partial charge in [-0.1, -0.05) is 44.5 Å². The van der Waals surface area contributed by atoms with E-state index >= 15 is 0 Å². The zero-order valence-electron chi connectivity index (χ0n) is 8.39. The predicted octanol–water partition coefficient (Wildman–Crippen LogP) is 4.33. The van der Waals surface area contributed by atoms with Crippen LogP contribution in [0.25, 0.3) is 0 Å². The van der Waals surface area contributed by atoms with Gasteiger partial charge in [-0.25, -0.2) is 0 Å². The normalized spacial score (nSPS) is 12.8. The molecule has 1 heteroatoms. The van der Waals surface area contributed by atoms with Crippen LogP contribution in [0.2, 0.25) is 0 Å². The van der Waals surface area contributed by atoms with Gasteiger partial charge in [-0.15, -0.1) is 11.6 Å². The second-order valence-corrected chi connectivity index (χ2v) is 3.88. The molecule has 0 aliphatic heterocycles. The van der Waals surface area contributed by atoms with E-state index in [9.17, 15) is 0 Å². The molecule has 0 saturated heterocycles. The second kappa shape index (κ2) is 5.29. The Labute approximate surface area is 85.9 Å². The van der Waals surface area contributed by atoms with Crippen molar-refractivity contribution in [1.82, 2.24) is 0 Å². The highest BCUT2D eigenvalue weighted by atomic mass is 35.5. The Morgan fingerprint density at radius 1 is 1.15 bits per heavy atom. The van der Waals surface area contributed by atoms with E-state index in [0.29, 0.717) is 0 Å². The van der Waals surface area contributed by atoms with Crippen molar-refractivity contribution in [3.63, 3.8) is 0 Å². The molecule has 0 radical (unpaired) electrons. The van der Waals surface area contributed by atoms with Gasteiger partial charge in [0.25, 0.3) is 0 Å². The van der Waals surface area contributed by atoms with Gasteiger partial charge in [0.2, 0.25) is 0 Å². The molecule has 0 amide bonds. The molecule has 13 heavy (non-hydrogen) atoms. The van der Waals surface area contributed by atoms with Gasteiger partial charge in [0.1, 0.15) is 0 Å². The van der Waals surface area contributed by atoms with Crippen LogP contribution in [-0.4, -0.2) is 0 Å². The lowest BCUT2D eigenvalue weighted by Gasteiger charge is -2.08. The van der Waals surface area contributed by atoms with Crippen molar-refractivity contribution in [2.45, 2.75) is 38.5 Å². The van der Waals surface area contributed by atoms with Crippen LogP contribution in [0.3, 0.4) is 0 Å². The minimum Gasteiger partial charge on any atom is -0.118 e. The number of hydrogen-bond donors (Lipinski definition) is 0. The quantitative estimate of drug-likeness (QED) is 0.629. The third-order valence-corrected chi connectivity index (χ3v) is 2.76. The molecule has 0 spiro atoms. The molecule has 0 fully saturated rings. The minimum atomic E-state index is 0.191. The van der Waals surface area contributed by atoms with Crippen LogP contribution in [-0.2, 0) is 6.42 Å². The van der Waals surface area contributed by atoms with Crippen LogP contribution in [0.1, 0.15) is 43.2 Å². The van der Waals surface area contributed by atoms with Crippen LogP contribution in [0.5, 0.6) is 0 Å². The summed E-state index contributed by atoms with van der Waals surface area (Å²) in [4.78, 5) is 0. The Kier molecular flexibility index (Phi) is 4.31. The third-order valence-electron chi connectivity index (χ3n) is 2.29. The molecule has 1 rings (SSSR count). The van der Waals surface area contributed by atoms with Crippen LogP contribution in [0.4, 0.5) is 0 Å². The molecule has 0 saturated carbocycles. The lowest BCUT2D eigenvalue weighted by atomic mass is 10.1. The lowest BCUT2D eigenvalue weighted by Crippen LogP contribution is -1.90. The van der Waals surface area contributed by atoms with Gasteiger partial charge in [0.05, 0.1) is 5.38 Å². The average molecular weight is 197 g/mol. The van der Waals surface area contributed by atoms with Crippen molar-refractivity contribution in [2.75, 3.05) is 0 Å². The van der Waals surface area contributed by atoms with E-state index in [0.717, 1.165) is 19.3 Å². The van der Waals surface area contributed by atoms with Crippen LogP contribution >= 0.6 is 11.6 Å². The SMILES string of the molecule is CCCC(Cl)c1ccc(CC)cc1. The van der Waals surface area contributed by atoms with Gasteiger partial charge in [0, 0.05) is 0 Å². The first-order chi connectivity index (χ1) is 6.27. The fourth-order valence-corrected chi connectivity index (χ4v) is 1.75. The number of rotatable bonds is 4. The molecular weight excluding hydrogens is 180 g/mol. The maximum Gasteiger partial charge on any atom is 0.0585 e. The van der Waals surface area contributed by atoms with Gasteiger partial charge in [0.15, 0.2) is 0 Å². The number of aryl methyl sites for hydroxylation is 1. The molecular formula is C12H17Cl. The largest absolute Gasteiger partial charge is 0.118 e. The summed E-state index contributed by atoms with van der Waals surface area (Å²) in [5, 5.41) is 0.191. The molecule has 1 atom stereocenters. The van der Waals surface area contributed by atoms with Crippen molar-refractivity contribution >= 4 is 11.6 Å². The van der Waals surface area contributed by atoms with Crippen molar-refractivity contribution < 1.29 is 0 Å². The summed E-state index contributed by atoms with van der Waals surface area (Å²) in [5.74, 6) is 0. The highest BCUT2D eigenvalue weighted by molar-refractivity contribution is 6.20. The molecule has 0 aromatic heterocycles. The van der Waals surface area contributed by atoms with E-state index in [-0.39, 0.29) is 5.38 Å². The summed E-state index contributed by atoms with van der Waals surface area (Å²) in [7, 11) is 0. The molecule has 1 unspecified atom stereocenters. The second-order valence-electron chi connectivity index (χ2n) is 3.35. The van der Waals surface area contributed by atoms with Gasteiger partial charge in [-0.05, 0) is 24.0 Å². The molecule has 0 nitrogen and oxygen atoms in total. The number of benzene rings is 1. The minimum absolute atomic E-state index is 0.191. The number of hydrogen-bond acceptors (Lipinski definition) is 0. The summed E-state index contributed by atoms with van der Waals surface area (Å²) in [6.07, 6.45) is 3.30. The molecule has 0 aliphatic carbocycles. The van der Waals surface area contributed by atoms with Gasteiger partial charge in [-0.2, -0.15) is 0 Å². The van der Waals surface area contributed by atoms with Gasteiger partial charge in [-0.3, -0.25) is 0 Å². The molecule has 1 aromatic carbocycles. The van der Waals surface area contributed by atoms with E-state index in [1.165, 1.54) is 11.1 Å². The summed E-state index contributed by atoms with van der Waals surface area (Å²) < 4.78 is 0. The molecule has 0 N–H and O–H groups in total. The van der Waals surface area contributed by atoms with Crippen LogP contribution < -0.4 is 0 Å². The topological polar surface area (TPSA) is 0 Å². The Hall–Kier alpha value is -0.490. The van der Waals surface area contributed by atoms with Crippen molar-refractivity contribution in [2.24, 2.45) is 0 Å². The molecule has 0 heterocycles. The highest BCUT2D eigenvalue weighted by Gasteiger charge is 2.05. The average Bonchev–Trinajstić information content (AvgIpc) is 2.18. The summed E-state index contributed by atoms with van der Waals surface area (Å²) in [6.45, 7) is 4.33. The monoisotopic (exact) mass is 196 g/mol. The smallest absolute Gasteiger partial charge is 0.0585 e. The van der Waals surface area contributed by atoms with Crippen molar-refractivity contribution in [1.29, 1.82) is 0 Å². The van der Waals surface area contributed by atoms with E-state index < -0.39 is 0 Å². The molecule has 1 aromatic rings. The van der Waals surface area contributed by atoms with E-state index in [4.69, 9.17) is 11.6 Å². The maximum atomic E-state index is 6.20. The standard InChI is InChI=1S/C12H17Cl/c1-3-5-12(13)11-8-6-10(4-2)7-9-11/h6-9,12H,3-5H2,1-2H3. The first-order valence-corrected chi connectivity index (χ1v) is 5.44. The first-order valence-electron chi connectivity index (χ1n) is 5.00. The van der Waals surface area contributed by atoms with E-state index in [1.807, 2.05) is 0 Å². The van der Waals surface area contributed by atoms with E-state index in [1.54, 1.807) is 0 Å². The maximum absolute atomic E-state index is 6.20. The van der Waals surface area contributed by atoms with Gasteiger partial charge < -0.3 is 0 Å². The zero-order chi connectivity index (χ0) is 9.68. The number of alkyl halides is 1. The summed E-state index contributed by atoms with van der Waals surface area (Å²) >= 11 is 6.20. The predicted molar refractivity (Wildman–Crippen MR) is 59.3 cm³/mol. The van der Waals surface area contributed by atoms with Crippen LogP contribution in [0, 0.1) is 0 Å². The highest BCUT2D eigenvalue weighted by Crippen LogP contribution is 2.25. The first kappa shape index (κ1) is 10.6. The van der Waals surface area contributed by atoms with Gasteiger partial charge >= 0.3 is 0 Å². The number of halogens is 1. The molecule has 72 valence electrons. The van der Waals surface area contributed by atoms with Crippen molar-refractivity contribution in [3.05, 3.63) is 35.4 Å². The van der Waals surface area contributed by atoms with Crippen molar-refractivity contribution in [3.8, 4) is 0 Å². The summed E-state index contributed by atoms with van der Waals surface area (Å²) in [6, 6.07) is 8.62. The fraction of sp³-hybridized carbons (Fsp3) is 0.500. The van der Waals surface area contributed by atoms with Crippen LogP contribution in [0.15, 0.2) is 24.3 Å². The lowest BCUT2D eigenvalue weighted by molar-refractivity contribution is 0.770. The molecule has 0 aliphatic rings. The Morgan fingerprint density at radius 2 is 1.77 bits per heavy atom. The Bertz CT molecular complexity index is 238. The zero-order valence-corrected chi connectivity index (χ0v) is 9.14. The Balaban J connectivity index is 2.67. The third kappa shape index (κ3) is 3.04. The fourth-order valence-electron chi connectivity index (χ4n) is 1.38.